The van der Waals surface area contributed by atoms with Crippen LogP contribution in [0, 0.1) is 0 Å². The lowest BCUT2D eigenvalue weighted by atomic mass is 9.12. The standard InChI is InChI=1S/C32H12BF24.C20H25N2O/c34-25(35,36)13-1-14(26(37,38)39)6-21(5-13)33(22-7-15(27(40,41)42)2-16(8-22)28(43,44)45,23-9-17(29(46,47)48)3-18(10-23)30(49,50)51)24-11-19(31(52,53)54)4-20(12-24)32(55,56)57;1-2-3-4-5-6-10-13-19-16-22(15-14-21-19)17-20(23)18-11-8-7-9-12-18/h1-12H;7-16H,2-6,17H2,1H3/q-1;+1. The maximum atomic E-state index is 14.2. The van der Waals surface area contributed by atoms with Crippen molar-refractivity contribution in [3.8, 4) is 0 Å². The van der Waals surface area contributed by atoms with Crippen LogP contribution in [0.2, 0.25) is 0 Å². The summed E-state index contributed by atoms with van der Waals surface area (Å²) in [6.45, 7) is 2.56. The van der Waals surface area contributed by atoms with Gasteiger partial charge in [0, 0.05) is 5.56 Å². The van der Waals surface area contributed by atoms with Crippen LogP contribution in [0.4, 0.5) is 105 Å². The number of benzene rings is 5. The first-order valence-electron chi connectivity index (χ1n) is 23.0. The summed E-state index contributed by atoms with van der Waals surface area (Å²) in [5.41, 5.74) is -28.6. The molecule has 0 aliphatic heterocycles. The van der Waals surface area contributed by atoms with Gasteiger partial charge in [-0.2, -0.15) is 132 Å². The Labute approximate surface area is 437 Å². The third-order valence-electron chi connectivity index (χ3n) is 12.2. The summed E-state index contributed by atoms with van der Waals surface area (Å²) >= 11 is 0. The van der Waals surface area contributed by atoms with Crippen molar-refractivity contribution in [2.75, 3.05) is 0 Å². The van der Waals surface area contributed by atoms with Gasteiger partial charge in [-0.15, -0.1) is 0 Å². The van der Waals surface area contributed by atoms with Crippen LogP contribution >= 0.6 is 0 Å². The van der Waals surface area contributed by atoms with E-state index >= 15 is 0 Å². The van der Waals surface area contributed by atoms with Gasteiger partial charge in [-0.1, -0.05) is 111 Å². The molecule has 0 saturated heterocycles. The maximum absolute atomic E-state index is 14.2. The van der Waals surface area contributed by atoms with E-state index in [1.807, 2.05) is 53.4 Å². The zero-order valence-electron chi connectivity index (χ0n) is 40.4. The van der Waals surface area contributed by atoms with E-state index in [-0.39, 0.29) is 5.78 Å². The molecule has 3 nitrogen and oxygen atoms in total. The van der Waals surface area contributed by atoms with Crippen LogP contribution in [-0.2, 0) is 56.0 Å². The second kappa shape index (κ2) is 23.6. The monoisotopic (exact) mass is 1170 g/mol. The van der Waals surface area contributed by atoms with Crippen molar-refractivity contribution in [2.24, 2.45) is 0 Å². The summed E-state index contributed by atoms with van der Waals surface area (Å²) < 4.78 is 343. The highest BCUT2D eigenvalue weighted by atomic mass is 19.4. The molecule has 0 radical (unpaired) electrons. The number of carbonyl (C=O) groups is 1. The van der Waals surface area contributed by atoms with Crippen molar-refractivity contribution in [2.45, 2.75) is 95.0 Å². The lowest BCUT2D eigenvalue weighted by Gasteiger charge is -2.46. The van der Waals surface area contributed by atoms with Crippen LogP contribution in [0.1, 0.15) is 99.6 Å². The van der Waals surface area contributed by atoms with E-state index in [1.54, 1.807) is 6.20 Å². The van der Waals surface area contributed by atoms with Gasteiger partial charge in [0.2, 0.25) is 12.3 Å². The maximum Gasteiger partial charge on any atom is 0.416 e. The summed E-state index contributed by atoms with van der Waals surface area (Å²) in [4.78, 5) is 16.6. The molecule has 0 bridgehead atoms. The molecule has 6 aromatic rings. The molecule has 28 heteroatoms. The minimum absolute atomic E-state index is 0.108. The van der Waals surface area contributed by atoms with E-state index in [0.29, 0.717) is 6.54 Å². The largest absolute Gasteiger partial charge is 0.416 e. The third kappa shape index (κ3) is 16.1. The molecule has 6 rings (SSSR count). The summed E-state index contributed by atoms with van der Waals surface area (Å²) in [6, 6.07) is 0.575. The molecule has 0 atom stereocenters. The molecule has 5 aromatic carbocycles. The quantitative estimate of drug-likeness (QED) is 0.0380. The van der Waals surface area contributed by atoms with E-state index in [2.05, 4.69) is 18.0 Å². The van der Waals surface area contributed by atoms with Crippen molar-refractivity contribution >= 4 is 39.9 Å². The number of unbranched alkanes of at least 4 members (excludes halogenated alkanes) is 4. The number of ketones is 1. The van der Waals surface area contributed by atoms with Crippen LogP contribution in [0.3, 0.4) is 0 Å². The Morgan fingerprint density at radius 1 is 0.450 bits per heavy atom. The fraction of sp³-hybridized carbons (Fsp3) is 0.288. The molecule has 0 spiro atoms. The molecular formula is C52H37BF24N2O. The number of Topliss-reactive ketones (excluding diaryl/α,β-unsaturated/α-hetero) is 1. The highest BCUT2D eigenvalue weighted by molar-refractivity contribution is 7.20. The van der Waals surface area contributed by atoms with Crippen LogP contribution in [0.25, 0.3) is 6.08 Å². The van der Waals surface area contributed by atoms with Gasteiger partial charge >= 0.3 is 49.4 Å². The molecule has 0 aliphatic rings. The number of aromatic nitrogens is 2. The normalized spacial score (nSPS) is 13.4. The summed E-state index contributed by atoms with van der Waals surface area (Å²) in [7, 11) is 0. The van der Waals surface area contributed by atoms with Gasteiger partial charge in [0.15, 0.2) is 12.4 Å². The van der Waals surface area contributed by atoms with Crippen LogP contribution in [-0.4, -0.2) is 16.9 Å². The number of nitrogens with zero attached hydrogens (tertiary/aromatic N) is 2. The Kier molecular flexibility index (Phi) is 18.8. The Hall–Kier alpha value is -7.03. The molecular weight excluding hydrogens is 1140 g/mol. The Bertz CT molecular complexity index is 2710. The number of carbonyl (C=O) groups excluding carboxylic acids is 1. The molecule has 0 fully saturated rings. The molecule has 1 heterocycles. The van der Waals surface area contributed by atoms with Gasteiger partial charge in [-0.3, -0.25) is 4.79 Å². The van der Waals surface area contributed by atoms with Crippen molar-refractivity contribution in [1.82, 2.24) is 4.98 Å². The average Bonchev–Trinajstić information content (AvgIpc) is 3.33. The number of rotatable bonds is 13. The summed E-state index contributed by atoms with van der Waals surface area (Å²) in [5.74, 6) is 0.108. The van der Waals surface area contributed by atoms with Crippen molar-refractivity contribution in [3.05, 3.63) is 184 Å². The molecule has 0 N–H and O–H groups in total. The predicted molar refractivity (Wildman–Crippen MR) is 243 cm³/mol. The topological polar surface area (TPSA) is 33.8 Å². The number of alkyl halides is 24. The first kappa shape index (κ1) is 63.8. The van der Waals surface area contributed by atoms with E-state index in [4.69, 9.17) is 0 Å². The fourth-order valence-electron chi connectivity index (χ4n) is 8.48. The molecule has 80 heavy (non-hydrogen) atoms. The molecule has 0 unspecified atom stereocenters. The molecule has 0 amide bonds. The zero-order chi connectivity index (χ0) is 60.2. The minimum atomic E-state index is -6.13. The van der Waals surface area contributed by atoms with Gasteiger partial charge in [0.25, 0.3) is 0 Å². The van der Waals surface area contributed by atoms with Crippen molar-refractivity contribution in [1.29, 1.82) is 0 Å². The Morgan fingerprint density at radius 3 is 1.05 bits per heavy atom. The fourth-order valence-corrected chi connectivity index (χ4v) is 8.48. The molecule has 432 valence electrons. The zero-order valence-corrected chi connectivity index (χ0v) is 40.4. The first-order valence-corrected chi connectivity index (χ1v) is 23.0. The first-order chi connectivity index (χ1) is 36.6. The Morgan fingerprint density at radius 2 is 0.762 bits per heavy atom. The lowest BCUT2D eigenvalue weighted by molar-refractivity contribution is -0.683. The minimum Gasteiger partial charge on any atom is -0.287 e. The van der Waals surface area contributed by atoms with Gasteiger partial charge in [0.05, 0.1) is 50.7 Å². The van der Waals surface area contributed by atoms with Gasteiger partial charge in [-0.25, -0.2) is 4.98 Å². The van der Waals surface area contributed by atoms with Crippen LogP contribution < -0.4 is 26.4 Å². The number of halogens is 24. The van der Waals surface area contributed by atoms with Crippen molar-refractivity contribution in [3.63, 3.8) is 0 Å². The number of allylic oxidation sites excluding steroid dienone is 1. The van der Waals surface area contributed by atoms with E-state index < -0.39 is 195 Å². The van der Waals surface area contributed by atoms with E-state index in [0.717, 1.165) is 17.7 Å². The predicted octanol–water partition coefficient (Wildman–Crippen LogP) is 15.4. The molecule has 0 saturated carbocycles. The summed E-state index contributed by atoms with van der Waals surface area (Å²) in [5, 5.41) is 0. The molecule has 1 aromatic heterocycles. The second-order valence-corrected chi connectivity index (χ2v) is 17.9. The van der Waals surface area contributed by atoms with E-state index in [1.165, 1.54) is 25.7 Å². The number of hydrogen-bond donors (Lipinski definition) is 0. The van der Waals surface area contributed by atoms with Gasteiger partial charge in [0.1, 0.15) is 11.8 Å². The SMILES string of the molecule is CCCCCCC=Cc1c[n+](CC(=O)c2ccccc2)ccn1.FC(F)(F)c1cc([B-](c2cc(C(F)(F)F)cc(C(F)(F)F)c2)(c2cc(C(F)(F)F)cc(C(F)(F)F)c2)c2cc(C(F)(F)F)cc(C(F)(F)F)c2)cc(C(F)(F)F)c1. The number of hydrogen-bond acceptors (Lipinski definition) is 2. The average molecular weight is 1170 g/mol. The highest BCUT2D eigenvalue weighted by Crippen LogP contribution is 2.41. The highest BCUT2D eigenvalue weighted by Gasteiger charge is 2.47. The van der Waals surface area contributed by atoms with Gasteiger partial charge < -0.3 is 0 Å². The summed E-state index contributed by atoms with van der Waals surface area (Å²) in [6.07, 6.45) is -38.9. The van der Waals surface area contributed by atoms with Crippen LogP contribution in [0.5, 0.6) is 0 Å². The smallest absolute Gasteiger partial charge is 0.287 e. The molecule has 0 aliphatic carbocycles. The Balaban J connectivity index is 0.000000424. The van der Waals surface area contributed by atoms with E-state index in [9.17, 15) is 110 Å². The third-order valence-corrected chi connectivity index (χ3v) is 12.2. The van der Waals surface area contributed by atoms with Gasteiger partial charge in [-0.05, 0) is 43.2 Å². The van der Waals surface area contributed by atoms with Crippen molar-refractivity contribution < 1.29 is 115 Å². The second-order valence-electron chi connectivity index (χ2n) is 17.9. The van der Waals surface area contributed by atoms with Crippen LogP contribution in [0.15, 0.2) is 128 Å². The lowest BCUT2D eigenvalue weighted by Crippen LogP contribution is -2.75.